The number of ether oxygens (including phenoxy) is 1. The van der Waals surface area contributed by atoms with E-state index in [1.54, 1.807) is 12.4 Å². The van der Waals surface area contributed by atoms with E-state index in [0.717, 1.165) is 51.4 Å². The average Bonchev–Trinajstić information content (AvgIpc) is 3.06. The molecule has 3 rings (SSSR count). The van der Waals surface area contributed by atoms with Gasteiger partial charge in [0.1, 0.15) is 5.82 Å². The predicted octanol–water partition coefficient (Wildman–Crippen LogP) is 1.77. The number of nitrogens with zero attached hydrogens (tertiary/aromatic N) is 4. The van der Waals surface area contributed by atoms with Gasteiger partial charge in [-0.25, -0.2) is 4.98 Å². The van der Waals surface area contributed by atoms with Crippen molar-refractivity contribution in [2.24, 2.45) is 0 Å². The van der Waals surface area contributed by atoms with Gasteiger partial charge in [-0.3, -0.25) is 4.68 Å². The van der Waals surface area contributed by atoms with Crippen molar-refractivity contribution < 1.29 is 4.74 Å². The Morgan fingerprint density at radius 2 is 2.36 bits per heavy atom. The molecule has 22 heavy (non-hydrogen) atoms. The summed E-state index contributed by atoms with van der Waals surface area (Å²) in [7, 11) is 0. The summed E-state index contributed by atoms with van der Waals surface area (Å²) in [5.41, 5.74) is 0. The first-order chi connectivity index (χ1) is 10.9. The van der Waals surface area contributed by atoms with Gasteiger partial charge in [0, 0.05) is 38.3 Å². The van der Waals surface area contributed by atoms with Gasteiger partial charge in [-0.2, -0.15) is 10.1 Å². The van der Waals surface area contributed by atoms with Crippen molar-refractivity contribution in [1.29, 1.82) is 0 Å². The Hall–Kier alpha value is -2.15. The van der Waals surface area contributed by atoms with Gasteiger partial charge < -0.3 is 15.4 Å². The van der Waals surface area contributed by atoms with Crippen LogP contribution in [0, 0.1) is 0 Å². The summed E-state index contributed by atoms with van der Waals surface area (Å²) in [6.45, 7) is 3.31. The number of hydrogen-bond donors (Lipinski definition) is 2. The fourth-order valence-corrected chi connectivity index (χ4v) is 2.46. The zero-order valence-corrected chi connectivity index (χ0v) is 12.6. The van der Waals surface area contributed by atoms with Crippen LogP contribution in [0.1, 0.15) is 19.3 Å². The van der Waals surface area contributed by atoms with E-state index < -0.39 is 0 Å². The number of aromatic nitrogens is 4. The molecule has 1 saturated heterocycles. The maximum atomic E-state index is 5.47. The van der Waals surface area contributed by atoms with Crippen LogP contribution < -0.4 is 10.6 Å². The summed E-state index contributed by atoms with van der Waals surface area (Å²) < 4.78 is 7.39. The minimum atomic E-state index is 0.344. The molecule has 1 aliphatic rings. The van der Waals surface area contributed by atoms with Gasteiger partial charge in [-0.1, -0.05) is 0 Å². The number of hydrogen-bond acceptors (Lipinski definition) is 6. The molecule has 1 unspecified atom stereocenters. The fraction of sp³-hybridized carbons (Fsp3) is 0.533. The van der Waals surface area contributed by atoms with Crippen LogP contribution in [0.4, 0.5) is 11.8 Å². The Labute approximate surface area is 130 Å². The molecule has 0 aromatic carbocycles. The van der Waals surface area contributed by atoms with E-state index in [1.807, 2.05) is 23.0 Å². The topological polar surface area (TPSA) is 76.9 Å². The van der Waals surface area contributed by atoms with E-state index in [0.29, 0.717) is 12.0 Å². The molecule has 2 aromatic rings. The number of anilines is 2. The minimum absolute atomic E-state index is 0.344. The highest BCUT2D eigenvalue weighted by Crippen LogP contribution is 2.13. The van der Waals surface area contributed by atoms with E-state index in [9.17, 15) is 0 Å². The van der Waals surface area contributed by atoms with Crippen molar-refractivity contribution in [1.82, 2.24) is 19.7 Å². The third-order valence-electron chi connectivity index (χ3n) is 3.57. The molecule has 7 heteroatoms. The van der Waals surface area contributed by atoms with Gasteiger partial charge in [-0.05, 0) is 31.4 Å². The molecule has 0 saturated carbocycles. The van der Waals surface area contributed by atoms with Gasteiger partial charge in [0.15, 0.2) is 0 Å². The monoisotopic (exact) mass is 302 g/mol. The van der Waals surface area contributed by atoms with E-state index in [2.05, 4.69) is 25.7 Å². The van der Waals surface area contributed by atoms with Crippen LogP contribution >= 0.6 is 0 Å². The number of aryl methyl sites for hydroxylation is 1. The van der Waals surface area contributed by atoms with Gasteiger partial charge in [0.05, 0.1) is 12.6 Å². The van der Waals surface area contributed by atoms with Crippen LogP contribution in [0.3, 0.4) is 0 Å². The van der Waals surface area contributed by atoms with Crippen molar-refractivity contribution in [2.45, 2.75) is 31.8 Å². The van der Waals surface area contributed by atoms with Gasteiger partial charge >= 0.3 is 0 Å². The fourth-order valence-electron chi connectivity index (χ4n) is 2.46. The second-order valence-corrected chi connectivity index (χ2v) is 5.37. The highest BCUT2D eigenvalue weighted by Gasteiger charge is 2.14. The molecule has 1 fully saturated rings. The summed E-state index contributed by atoms with van der Waals surface area (Å²) in [6.07, 6.45) is 8.72. The number of nitrogens with one attached hydrogen (secondary N) is 2. The molecular weight excluding hydrogens is 280 g/mol. The molecule has 7 nitrogen and oxygen atoms in total. The first-order valence-corrected chi connectivity index (χ1v) is 7.79. The lowest BCUT2D eigenvalue weighted by Crippen LogP contribution is -2.30. The van der Waals surface area contributed by atoms with Crippen LogP contribution in [0.2, 0.25) is 0 Å². The molecule has 3 heterocycles. The Balaban J connectivity index is 1.44. The summed E-state index contributed by atoms with van der Waals surface area (Å²) in [4.78, 5) is 8.74. The second kappa shape index (κ2) is 7.74. The molecule has 1 atom stereocenters. The lowest BCUT2D eigenvalue weighted by Gasteiger charge is -2.23. The average molecular weight is 302 g/mol. The molecule has 2 aromatic heterocycles. The highest BCUT2D eigenvalue weighted by molar-refractivity contribution is 5.40. The van der Waals surface area contributed by atoms with Crippen LogP contribution in [0.15, 0.2) is 30.7 Å². The lowest BCUT2D eigenvalue weighted by atomic mass is 10.1. The zero-order valence-electron chi connectivity index (χ0n) is 12.6. The van der Waals surface area contributed by atoms with E-state index >= 15 is 0 Å². The van der Waals surface area contributed by atoms with Crippen molar-refractivity contribution in [3.05, 3.63) is 30.7 Å². The maximum absolute atomic E-state index is 5.47. The van der Waals surface area contributed by atoms with Crippen molar-refractivity contribution in [2.75, 3.05) is 30.4 Å². The standard InChI is InChI=1S/C15H22N6O/c1-4-13(12-22-11-1)19-14-5-8-17-15(20-14)16-6-2-9-21-10-3-7-18-21/h3,5,7-8,10,13H,1-2,4,6,9,11-12H2,(H2,16,17,19,20). The Kier molecular flexibility index (Phi) is 5.20. The summed E-state index contributed by atoms with van der Waals surface area (Å²) in [5, 5.41) is 10.8. The molecule has 118 valence electrons. The van der Waals surface area contributed by atoms with Gasteiger partial charge in [0.2, 0.25) is 5.95 Å². The number of rotatable bonds is 7. The highest BCUT2D eigenvalue weighted by atomic mass is 16.5. The van der Waals surface area contributed by atoms with Gasteiger partial charge in [0.25, 0.3) is 0 Å². The molecular formula is C15H22N6O. The van der Waals surface area contributed by atoms with E-state index in [4.69, 9.17) is 4.74 Å². The van der Waals surface area contributed by atoms with Gasteiger partial charge in [-0.15, -0.1) is 0 Å². The predicted molar refractivity (Wildman–Crippen MR) is 84.8 cm³/mol. The SMILES string of the molecule is c1cnn(CCCNc2nccc(NC3CCCOC3)n2)c1. The van der Waals surface area contributed by atoms with E-state index in [1.165, 1.54) is 0 Å². The molecule has 0 spiro atoms. The maximum Gasteiger partial charge on any atom is 0.224 e. The van der Waals surface area contributed by atoms with Crippen LogP contribution in [-0.2, 0) is 11.3 Å². The first-order valence-electron chi connectivity index (χ1n) is 7.79. The quantitative estimate of drug-likeness (QED) is 0.759. The minimum Gasteiger partial charge on any atom is -0.379 e. The summed E-state index contributed by atoms with van der Waals surface area (Å²) in [5.74, 6) is 1.50. The third kappa shape index (κ3) is 4.42. The lowest BCUT2D eigenvalue weighted by molar-refractivity contribution is 0.0875. The third-order valence-corrected chi connectivity index (χ3v) is 3.57. The molecule has 1 aliphatic heterocycles. The van der Waals surface area contributed by atoms with E-state index in [-0.39, 0.29) is 0 Å². The Bertz CT molecular complexity index is 553. The molecule has 2 N–H and O–H groups in total. The van der Waals surface area contributed by atoms with Crippen LogP contribution in [0.25, 0.3) is 0 Å². The summed E-state index contributed by atoms with van der Waals surface area (Å²) in [6, 6.07) is 4.17. The van der Waals surface area contributed by atoms with Crippen LogP contribution in [-0.4, -0.2) is 45.5 Å². The summed E-state index contributed by atoms with van der Waals surface area (Å²) >= 11 is 0. The Morgan fingerprint density at radius 3 is 3.18 bits per heavy atom. The molecule has 0 bridgehead atoms. The molecule has 0 aliphatic carbocycles. The van der Waals surface area contributed by atoms with Crippen molar-refractivity contribution >= 4 is 11.8 Å². The smallest absolute Gasteiger partial charge is 0.224 e. The molecule has 0 amide bonds. The largest absolute Gasteiger partial charge is 0.379 e. The zero-order chi connectivity index (χ0) is 15.0. The van der Waals surface area contributed by atoms with Crippen LogP contribution in [0.5, 0.6) is 0 Å². The first kappa shape index (κ1) is 14.8. The van der Waals surface area contributed by atoms with Crippen molar-refractivity contribution in [3.8, 4) is 0 Å². The van der Waals surface area contributed by atoms with Crippen molar-refractivity contribution in [3.63, 3.8) is 0 Å². The second-order valence-electron chi connectivity index (χ2n) is 5.37. The normalized spacial score (nSPS) is 18.1. The molecule has 0 radical (unpaired) electrons. The Morgan fingerprint density at radius 1 is 1.36 bits per heavy atom.